The molecule has 1 aliphatic carbocycles. The fourth-order valence-corrected chi connectivity index (χ4v) is 1.96. The lowest BCUT2D eigenvalue weighted by atomic mass is 9.89. The van der Waals surface area contributed by atoms with Crippen LogP contribution in [0.25, 0.3) is 0 Å². The minimum atomic E-state index is -0.434. The van der Waals surface area contributed by atoms with Crippen molar-refractivity contribution in [1.29, 1.82) is 0 Å². The minimum absolute atomic E-state index is 0.400. The molecule has 0 spiro atoms. The Morgan fingerprint density at radius 3 is 2.44 bits per heavy atom. The maximum atomic E-state index is 11.3. The number of amides is 1. The molecule has 0 aromatic rings. The van der Waals surface area contributed by atoms with Crippen molar-refractivity contribution in [3.8, 4) is 0 Å². The monoisotopic (exact) mass is 228 g/mol. The molecule has 0 heterocycles. The average Bonchev–Trinajstić information content (AvgIpc) is 2.16. The van der Waals surface area contributed by atoms with Gasteiger partial charge in [0.25, 0.3) is 0 Å². The number of carbonyl (C=O) groups is 1. The van der Waals surface area contributed by atoms with Crippen LogP contribution in [0.1, 0.15) is 52.9 Å². The Kier molecular flexibility index (Phi) is 5.06. The first-order valence-corrected chi connectivity index (χ1v) is 6.19. The van der Waals surface area contributed by atoms with Gasteiger partial charge < -0.3 is 4.74 Å². The van der Waals surface area contributed by atoms with Crippen LogP contribution in [0.4, 0.5) is 4.79 Å². The van der Waals surface area contributed by atoms with Gasteiger partial charge in [0.05, 0.1) is 0 Å². The van der Waals surface area contributed by atoms with Gasteiger partial charge >= 0.3 is 6.09 Å². The Labute approximate surface area is 98.1 Å². The van der Waals surface area contributed by atoms with Crippen molar-refractivity contribution in [3.63, 3.8) is 0 Å². The fraction of sp³-hybridized carbons (Fsp3) is 0.917. The third kappa shape index (κ3) is 5.95. The van der Waals surface area contributed by atoms with Crippen LogP contribution in [-0.4, -0.2) is 18.2 Å². The number of hydrogen-bond acceptors (Lipinski definition) is 3. The molecule has 0 aromatic heterocycles. The summed E-state index contributed by atoms with van der Waals surface area (Å²) in [6.45, 7) is 6.41. The molecule has 2 N–H and O–H groups in total. The SMILES string of the molecule is CC(C)(C)OC(=O)NNCC1CCCCC1. The van der Waals surface area contributed by atoms with Crippen LogP contribution in [-0.2, 0) is 4.74 Å². The van der Waals surface area contributed by atoms with Crippen molar-refractivity contribution in [1.82, 2.24) is 10.9 Å². The van der Waals surface area contributed by atoms with Crippen LogP contribution in [0.3, 0.4) is 0 Å². The van der Waals surface area contributed by atoms with Crippen molar-refractivity contribution in [2.45, 2.75) is 58.5 Å². The lowest BCUT2D eigenvalue weighted by Gasteiger charge is -2.23. The first-order valence-electron chi connectivity index (χ1n) is 6.19. The second-order valence-electron chi connectivity index (χ2n) is 5.51. The van der Waals surface area contributed by atoms with Crippen LogP contribution >= 0.6 is 0 Å². The highest BCUT2D eigenvalue weighted by atomic mass is 16.6. The van der Waals surface area contributed by atoms with Crippen molar-refractivity contribution in [2.75, 3.05) is 6.54 Å². The summed E-state index contributed by atoms with van der Waals surface area (Å²) in [5.74, 6) is 0.698. The molecule has 1 rings (SSSR count). The summed E-state index contributed by atoms with van der Waals surface area (Å²) in [7, 11) is 0. The van der Waals surface area contributed by atoms with Gasteiger partial charge in [0.2, 0.25) is 0 Å². The first-order chi connectivity index (χ1) is 7.47. The maximum Gasteiger partial charge on any atom is 0.422 e. The number of hydrazine groups is 1. The van der Waals surface area contributed by atoms with E-state index in [1.54, 1.807) is 0 Å². The molecule has 0 radical (unpaired) electrons. The fourth-order valence-electron chi connectivity index (χ4n) is 1.96. The highest BCUT2D eigenvalue weighted by Crippen LogP contribution is 2.22. The Morgan fingerprint density at radius 1 is 1.25 bits per heavy atom. The predicted molar refractivity (Wildman–Crippen MR) is 63.9 cm³/mol. The summed E-state index contributed by atoms with van der Waals surface area (Å²) in [5, 5.41) is 0. The van der Waals surface area contributed by atoms with Gasteiger partial charge in [0.1, 0.15) is 5.60 Å². The van der Waals surface area contributed by atoms with E-state index in [9.17, 15) is 4.79 Å². The van der Waals surface area contributed by atoms with Gasteiger partial charge in [-0.2, -0.15) is 0 Å². The Bertz CT molecular complexity index is 218. The van der Waals surface area contributed by atoms with Crippen molar-refractivity contribution < 1.29 is 9.53 Å². The number of ether oxygens (including phenoxy) is 1. The summed E-state index contributed by atoms with van der Waals surface area (Å²) in [4.78, 5) is 11.3. The lowest BCUT2D eigenvalue weighted by molar-refractivity contribution is 0.0493. The van der Waals surface area contributed by atoms with Gasteiger partial charge in [0.15, 0.2) is 0 Å². The van der Waals surface area contributed by atoms with E-state index in [0.29, 0.717) is 5.92 Å². The van der Waals surface area contributed by atoms with E-state index in [1.807, 2.05) is 20.8 Å². The summed E-state index contributed by atoms with van der Waals surface area (Å²) in [6.07, 6.45) is 6.13. The largest absolute Gasteiger partial charge is 0.443 e. The molecule has 1 fully saturated rings. The molecule has 94 valence electrons. The van der Waals surface area contributed by atoms with E-state index in [0.717, 1.165) is 6.54 Å². The number of hydrogen-bond donors (Lipinski definition) is 2. The molecule has 0 aliphatic heterocycles. The van der Waals surface area contributed by atoms with Crippen molar-refractivity contribution in [3.05, 3.63) is 0 Å². The van der Waals surface area contributed by atoms with E-state index >= 15 is 0 Å². The van der Waals surface area contributed by atoms with Crippen LogP contribution in [0.5, 0.6) is 0 Å². The van der Waals surface area contributed by atoms with Crippen LogP contribution in [0.15, 0.2) is 0 Å². The highest BCUT2D eigenvalue weighted by molar-refractivity contribution is 5.66. The van der Waals surface area contributed by atoms with Gasteiger partial charge in [-0.1, -0.05) is 19.3 Å². The zero-order valence-corrected chi connectivity index (χ0v) is 10.6. The Hall–Kier alpha value is -0.770. The van der Waals surface area contributed by atoms with Gasteiger partial charge in [-0.25, -0.2) is 10.2 Å². The minimum Gasteiger partial charge on any atom is -0.443 e. The number of carbonyl (C=O) groups excluding carboxylic acids is 1. The molecular weight excluding hydrogens is 204 g/mol. The van der Waals surface area contributed by atoms with Crippen LogP contribution in [0.2, 0.25) is 0 Å². The molecular formula is C12H24N2O2. The molecule has 1 amide bonds. The number of rotatable bonds is 3. The van der Waals surface area contributed by atoms with Gasteiger partial charge in [0, 0.05) is 6.54 Å². The molecule has 0 bridgehead atoms. The maximum absolute atomic E-state index is 11.3. The zero-order valence-electron chi connectivity index (χ0n) is 10.6. The standard InChI is InChI=1S/C12H24N2O2/c1-12(2,3)16-11(15)14-13-9-10-7-5-4-6-8-10/h10,13H,4-9H2,1-3H3,(H,14,15). The van der Waals surface area contributed by atoms with E-state index in [1.165, 1.54) is 32.1 Å². The van der Waals surface area contributed by atoms with E-state index in [2.05, 4.69) is 10.9 Å². The van der Waals surface area contributed by atoms with Crippen molar-refractivity contribution in [2.24, 2.45) is 5.92 Å². The predicted octanol–water partition coefficient (Wildman–Crippen LogP) is 2.60. The molecule has 1 aliphatic rings. The third-order valence-corrected chi connectivity index (χ3v) is 2.70. The summed E-state index contributed by atoms with van der Waals surface area (Å²) < 4.78 is 5.11. The number of nitrogens with one attached hydrogen (secondary N) is 2. The average molecular weight is 228 g/mol. The molecule has 4 nitrogen and oxygen atoms in total. The van der Waals surface area contributed by atoms with E-state index in [-0.39, 0.29) is 0 Å². The second-order valence-corrected chi connectivity index (χ2v) is 5.51. The van der Waals surface area contributed by atoms with Crippen LogP contribution < -0.4 is 10.9 Å². The third-order valence-electron chi connectivity index (χ3n) is 2.70. The van der Waals surface area contributed by atoms with Crippen LogP contribution in [0, 0.1) is 5.92 Å². The van der Waals surface area contributed by atoms with Gasteiger partial charge in [-0.15, -0.1) is 0 Å². The quantitative estimate of drug-likeness (QED) is 0.730. The highest BCUT2D eigenvalue weighted by Gasteiger charge is 2.17. The molecule has 0 atom stereocenters. The van der Waals surface area contributed by atoms with Gasteiger partial charge in [-0.05, 0) is 39.5 Å². The normalized spacial score (nSPS) is 18.2. The zero-order chi connectivity index (χ0) is 12.0. The van der Waals surface area contributed by atoms with E-state index < -0.39 is 11.7 Å². The van der Waals surface area contributed by atoms with Crippen molar-refractivity contribution >= 4 is 6.09 Å². The Morgan fingerprint density at radius 2 is 1.88 bits per heavy atom. The molecule has 0 saturated heterocycles. The topological polar surface area (TPSA) is 50.4 Å². The smallest absolute Gasteiger partial charge is 0.422 e. The lowest BCUT2D eigenvalue weighted by Crippen LogP contribution is -2.43. The summed E-state index contributed by atoms with van der Waals surface area (Å²) in [5.41, 5.74) is 5.09. The molecule has 0 aromatic carbocycles. The van der Waals surface area contributed by atoms with E-state index in [4.69, 9.17) is 4.74 Å². The first kappa shape index (κ1) is 13.3. The summed E-state index contributed by atoms with van der Waals surface area (Å²) >= 11 is 0. The summed E-state index contributed by atoms with van der Waals surface area (Å²) in [6, 6.07) is 0. The molecule has 16 heavy (non-hydrogen) atoms. The molecule has 4 heteroatoms. The molecule has 0 unspecified atom stereocenters. The van der Waals surface area contributed by atoms with Gasteiger partial charge in [-0.3, -0.25) is 5.43 Å². The molecule has 1 saturated carbocycles. The second kappa shape index (κ2) is 6.09. The Balaban J connectivity index is 2.08.